The lowest BCUT2D eigenvalue weighted by atomic mass is 10.2. The summed E-state index contributed by atoms with van der Waals surface area (Å²) in [6, 6.07) is 3.93. The number of nitro groups is 1. The van der Waals surface area contributed by atoms with E-state index in [1.54, 1.807) is 0 Å². The van der Waals surface area contributed by atoms with Gasteiger partial charge in [-0.05, 0) is 38.9 Å². The van der Waals surface area contributed by atoms with Crippen LogP contribution in [-0.4, -0.2) is 42.0 Å². The van der Waals surface area contributed by atoms with E-state index in [2.05, 4.69) is 10.2 Å². The van der Waals surface area contributed by atoms with Gasteiger partial charge in [-0.15, -0.1) is 0 Å². The predicted molar refractivity (Wildman–Crippen MR) is 87.8 cm³/mol. The molecule has 0 spiro atoms. The summed E-state index contributed by atoms with van der Waals surface area (Å²) in [5.74, 6) is 0.162. The number of ether oxygens (including phenoxy) is 1. The second-order valence-electron chi connectivity index (χ2n) is 5.76. The van der Waals surface area contributed by atoms with Crippen LogP contribution in [0.1, 0.15) is 32.6 Å². The maximum atomic E-state index is 12.5. The van der Waals surface area contributed by atoms with Crippen LogP contribution in [0.4, 0.5) is 11.4 Å². The van der Waals surface area contributed by atoms with Crippen molar-refractivity contribution in [1.29, 1.82) is 0 Å². The molecule has 0 unspecified atom stereocenters. The van der Waals surface area contributed by atoms with Gasteiger partial charge in [0.2, 0.25) is 5.91 Å². The van der Waals surface area contributed by atoms with Gasteiger partial charge in [-0.3, -0.25) is 19.8 Å². The Bertz CT molecular complexity index is 568. The second-order valence-corrected chi connectivity index (χ2v) is 5.76. The third-order valence-corrected chi connectivity index (χ3v) is 4.22. The quantitative estimate of drug-likeness (QED) is 0.666. The third kappa shape index (κ3) is 4.41. The predicted octanol–water partition coefficient (Wildman–Crippen LogP) is 2.81. The number of nitrogens with one attached hydrogen (secondary N) is 1. The number of nitrogens with zero attached hydrogens (tertiary/aromatic N) is 2. The van der Waals surface area contributed by atoms with Gasteiger partial charge in [0, 0.05) is 6.07 Å². The number of rotatable bonds is 5. The number of amides is 1. The van der Waals surface area contributed by atoms with Crippen LogP contribution in [0, 0.1) is 10.1 Å². The Labute approximate surface area is 135 Å². The SMILES string of the molecule is COc1cc([N+](=O)[O-])ccc1NC(=O)[C@@H](C)N1CCCCCC1. The molecular weight excluding hydrogens is 298 g/mol. The zero-order valence-electron chi connectivity index (χ0n) is 13.6. The highest BCUT2D eigenvalue weighted by atomic mass is 16.6. The average Bonchev–Trinajstić information content (AvgIpc) is 2.83. The van der Waals surface area contributed by atoms with Crippen molar-refractivity contribution in [2.24, 2.45) is 0 Å². The minimum atomic E-state index is -0.492. The standard InChI is InChI=1S/C16H23N3O4/c1-12(18-9-5-3-4-6-10-18)16(20)17-14-8-7-13(19(21)22)11-15(14)23-2/h7-8,11-12H,3-6,9-10H2,1-2H3,(H,17,20)/t12-/m1/s1. The maximum Gasteiger partial charge on any atom is 0.273 e. The molecule has 1 atom stereocenters. The molecule has 0 aromatic heterocycles. The first-order valence-corrected chi connectivity index (χ1v) is 7.90. The van der Waals surface area contributed by atoms with Crippen LogP contribution in [0.15, 0.2) is 18.2 Å². The van der Waals surface area contributed by atoms with Crippen LogP contribution in [0.25, 0.3) is 0 Å². The van der Waals surface area contributed by atoms with Crippen LogP contribution in [0.5, 0.6) is 5.75 Å². The van der Waals surface area contributed by atoms with Gasteiger partial charge < -0.3 is 10.1 Å². The summed E-state index contributed by atoms with van der Waals surface area (Å²) in [4.78, 5) is 25.0. The number of carbonyl (C=O) groups excluding carboxylic acids is 1. The fourth-order valence-electron chi connectivity index (χ4n) is 2.78. The lowest BCUT2D eigenvalue weighted by molar-refractivity contribution is -0.384. The lowest BCUT2D eigenvalue weighted by Crippen LogP contribution is -2.42. The molecule has 1 aliphatic rings. The molecule has 7 heteroatoms. The molecule has 1 aliphatic heterocycles. The van der Waals surface area contributed by atoms with E-state index < -0.39 is 4.92 Å². The highest BCUT2D eigenvalue weighted by Gasteiger charge is 2.23. The van der Waals surface area contributed by atoms with Crippen molar-refractivity contribution in [3.8, 4) is 5.75 Å². The zero-order chi connectivity index (χ0) is 16.8. The fraction of sp³-hybridized carbons (Fsp3) is 0.562. The molecular formula is C16H23N3O4. The van der Waals surface area contributed by atoms with Gasteiger partial charge in [0.15, 0.2) is 0 Å². The van der Waals surface area contributed by atoms with Crippen LogP contribution in [0.2, 0.25) is 0 Å². The molecule has 1 aromatic rings. The van der Waals surface area contributed by atoms with Gasteiger partial charge >= 0.3 is 0 Å². The molecule has 126 valence electrons. The minimum Gasteiger partial charge on any atom is -0.494 e. The van der Waals surface area contributed by atoms with E-state index in [1.807, 2.05) is 6.92 Å². The van der Waals surface area contributed by atoms with Crippen molar-refractivity contribution >= 4 is 17.3 Å². The van der Waals surface area contributed by atoms with Gasteiger partial charge in [-0.1, -0.05) is 12.8 Å². The molecule has 2 rings (SSSR count). The number of hydrogen-bond acceptors (Lipinski definition) is 5. The molecule has 23 heavy (non-hydrogen) atoms. The largest absolute Gasteiger partial charge is 0.494 e. The zero-order valence-corrected chi connectivity index (χ0v) is 13.6. The van der Waals surface area contributed by atoms with E-state index in [0.29, 0.717) is 5.69 Å². The number of nitro benzene ring substituents is 1. The van der Waals surface area contributed by atoms with Crippen molar-refractivity contribution in [1.82, 2.24) is 4.90 Å². The molecule has 1 N–H and O–H groups in total. The highest BCUT2D eigenvalue weighted by molar-refractivity contribution is 5.96. The van der Waals surface area contributed by atoms with Crippen molar-refractivity contribution in [3.05, 3.63) is 28.3 Å². The smallest absolute Gasteiger partial charge is 0.273 e. The Morgan fingerprint density at radius 1 is 1.30 bits per heavy atom. The molecule has 1 saturated heterocycles. The van der Waals surface area contributed by atoms with Crippen molar-refractivity contribution in [2.45, 2.75) is 38.6 Å². The summed E-state index contributed by atoms with van der Waals surface area (Å²) in [5.41, 5.74) is 0.380. The molecule has 1 amide bonds. The summed E-state index contributed by atoms with van der Waals surface area (Å²) < 4.78 is 5.15. The van der Waals surface area contributed by atoms with E-state index >= 15 is 0 Å². The van der Waals surface area contributed by atoms with Crippen molar-refractivity contribution in [2.75, 3.05) is 25.5 Å². The van der Waals surface area contributed by atoms with Crippen molar-refractivity contribution < 1.29 is 14.5 Å². The summed E-state index contributed by atoms with van der Waals surface area (Å²) in [6.07, 6.45) is 4.64. The summed E-state index contributed by atoms with van der Waals surface area (Å²) in [6.45, 7) is 3.73. The normalized spacial score (nSPS) is 17.1. The monoisotopic (exact) mass is 321 g/mol. The number of anilines is 1. The van der Waals surface area contributed by atoms with Gasteiger partial charge in [-0.25, -0.2) is 0 Å². The van der Waals surface area contributed by atoms with Gasteiger partial charge in [-0.2, -0.15) is 0 Å². The van der Waals surface area contributed by atoms with Crippen LogP contribution >= 0.6 is 0 Å². The lowest BCUT2D eigenvalue weighted by Gasteiger charge is -2.26. The summed E-state index contributed by atoms with van der Waals surface area (Å²) in [5, 5.41) is 13.6. The van der Waals surface area contributed by atoms with Crippen LogP contribution in [-0.2, 0) is 4.79 Å². The number of methoxy groups -OCH3 is 1. The first kappa shape index (κ1) is 17.2. The van der Waals surface area contributed by atoms with Crippen LogP contribution < -0.4 is 10.1 Å². The Morgan fingerprint density at radius 2 is 1.96 bits per heavy atom. The molecule has 0 radical (unpaired) electrons. The van der Waals surface area contributed by atoms with E-state index in [1.165, 1.54) is 38.2 Å². The number of benzene rings is 1. The molecule has 0 aliphatic carbocycles. The molecule has 1 heterocycles. The topological polar surface area (TPSA) is 84.7 Å². The Hall–Kier alpha value is -2.15. The van der Waals surface area contributed by atoms with E-state index in [-0.39, 0.29) is 23.4 Å². The second kappa shape index (κ2) is 7.92. The van der Waals surface area contributed by atoms with Crippen molar-refractivity contribution in [3.63, 3.8) is 0 Å². The van der Waals surface area contributed by atoms with Gasteiger partial charge in [0.1, 0.15) is 5.75 Å². The minimum absolute atomic E-state index is 0.0691. The van der Waals surface area contributed by atoms with E-state index in [9.17, 15) is 14.9 Å². The van der Waals surface area contributed by atoms with Gasteiger partial charge in [0.05, 0.1) is 29.8 Å². The highest BCUT2D eigenvalue weighted by Crippen LogP contribution is 2.29. The number of hydrogen-bond donors (Lipinski definition) is 1. The Kier molecular flexibility index (Phi) is 5.92. The first-order chi connectivity index (χ1) is 11.0. The Morgan fingerprint density at radius 3 is 2.52 bits per heavy atom. The molecule has 7 nitrogen and oxygen atoms in total. The van der Waals surface area contributed by atoms with Crippen LogP contribution in [0.3, 0.4) is 0 Å². The Balaban J connectivity index is 2.08. The number of carbonyl (C=O) groups is 1. The fourth-order valence-corrected chi connectivity index (χ4v) is 2.78. The summed E-state index contributed by atoms with van der Waals surface area (Å²) >= 11 is 0. The number of non-ortho nitro benzene ring substituents is 1. The summed E-state index contributed by atoms with van der Waals surface area (Å²) in [7, 11) is 1.42. The van der Waals surface area contributed by atoms with Gasteiger partial charge in [0.25, 0.3) is 5.69 Å². The molecule has 1 aromatic carbocycles. The van der Waals surface area contributed by atoms with E-state index in [4.69, 9.17) is 4.74 Å². The number of likely N-dealkylation sites (tertiary alicyclic amines) is 1. The third-order valence-electron chi connectivity index (χ3n) is 4.22. The maximum absolute atomic E-state index is 12.5. The molecule has 1 fully saturated rings. The molecule has 0 saturated carbocycles. The average molecular weight is 321 g/mol. The molecule has 0 bridgehead atoms. The van der Waals surface area contributed by atoms with E-state index in [0.717, 1.165) is 25.9 Å². The first-order valence-electron chi connectivity index (χ1n) is 7.90.